The van der Waals surface area contributed by atoms with E-state index in [1.807, 2.05) is 0 Å². The molecule has 26 heavy (non-hydrogen) atoms. The summed E-state index contributed by atoms with van der Waals surface area (Å²) in [5, 5.41) is 11.5. The van der Waals surface area contributed by atoms with Gasteiger partial charge in [0.1, 0.15) is 6.04 Å². The van der Waals surface area contributed by atoms with Gasteiger partial charge in [-0.25, -0.2) is 4.79 Å². The second kappa shape index (κ2) is 14.4. The number of carbonyl (C=O) groups excluding carboxylic acids is 1. The fourth-order valence-corrected chi connectivity index (χ4v) is 3.13. The first kappa shape index (κ1) is 24.2. The number of allylic oxidation sites excluding steroid dienone is 5. The third kappa shape index (κ3) is 13.5. The van der Waals surface area contributed by atoms with Crippen LogP contribution in [-0.4, -0.2) is 34.5 Å². The van der Waals surface area contributed by atoms with Crippen molar-refractivity contribution in [2.24, 2.45) is 0 Å². The van der Waals surface area contributed by atoms with Gasteiger partial charge in [-0.05, 0) is 59.5 Å². The molecule has 0 aliphatic heterocycles. The van der Waals surface area contributed by atoms with E-state index in [0.717, 1.165) is 37.5 Å². The molecule has 0 unspecified atom stereocenters. The Kier molecular flexibility index (Phi) is 13.5. The van der Waals surface area contributed by atoms with Gasteiger partial charge in [-0.3, -0.25) is 4.79 Å². The Morgan fingerprint density at radius 1 is 1.04 bits per heavy atom. The highest BCUT2D eigenvalue weighted by atomic mass is 32.2. The largest absolute Gasteiger partial charge is 0.480 e. The van der Waals surface area contributed by atoms with E-state index in [1.165, 1.54) is 28.5 Å². The lowest BCUT2D eigenvalue weighted by Gasteiger charge is -2.12. The number of thioether (sulfide) groups is 1. The van der Waals surface area contributed by atoms with Crippen LogP contribution in [0.2, 0.25) is 0 Å². The number of hydrogen-bond acceptors (Lipinski definition) is 3. The summed E-state index contributed by atoms with van der Waals surface area (Å²) in [6.07, 6.45) is 12.0. The molecular weight excluding hydrogens is 346 g/mol. The van der Waals surface area contributed by atoms with Crippen molar-refractivity contribution in [3.8, 4) is 0 Å². The molecule has 0 aromatic heterocycles. The summed E-state index contributed by atoms with van der Waals surface area (Å²) in [5.74, 6) is -0.413. The molecule has 0 aliphatic carbocycles. The average Bonchev–Trinajstić information content (AvgIpc) is 2.56. The molecular formula is C21H33NO3S. The number of carbonyl (C=O) groups is 2. The lowest BCUT2D eigenvalue weighted by molar-refractivity contribution is -0.140. The van der Waals surface area contributed by atoms with Gasteiger partial charge in [-0.15, -0.1) is 0 Å². The van der Waals surface area contributed by atoms with Crippen LogP contribution in [0.5, 0.6) is 0 Å². The van der Waals surface area contributed by atoms with Crippen LogP contribution < -0.4 is 5.32 Å². The van der Waals surface area contributed by atoms with Gasteiger partial charge in [0.25, 0.3) is 0 Å². The second-order valence-corrected chi connectivity index (χ2v) is 7.68. The molecule has 2 N–H and O–H groups in total. The summed E-state index contributed by atoms with van der Waals surface area (Å²) in [7, 11) is 0. The number of amides is 1. The van der Waals surface area contributed by atoms with E-state index in [1.54, 1.807) is 0 Å². The van der Waals surface area contributed by atoms with Crippen LogP contribution in [0.15, 0.2) is 47.6 Å². The van der Waals surface area contributed by atoms with Crippen molar-refractivity contribution < 1.29 is 14.7 Å². The number of hydrogen-bond donors (Lipinski definition) is 2. The Hall–Kier alpha value is -1.75. The van der Waals surface area contributed by atoms with Gasteiger partial charge in [0.05, 0.1) is 0 Å². The molecule has 146 valence electrons. The fraction of sp³-hybridized carbons (Fsp3) is 0.524. The van der Waals surface area contributed by atoms with Crippen molar-refractivity contribution in [2.75, 3.05) is 11.5 Å². The Balaban J connectivity index is 4.13. The number of nitrogens with one attached hydrogen (secondary N) is 1. The molecule has 5 heteroatoms. The van der Waals surface area contributed by atoms with E-state index in [9.17, 15) is 9.59 Å². The monoisotopic (exact) mass is 379 g/mol. The Morgan fingerprint density at radius 2 is 1.62 bits per heavy atom. The molecule has 0 heterocycles. The Bertz CT molecular complexity index is 558. The molecule has 1 atom stereocenters. The van der Waals surface area contributed by atoms with E-state index >= 15 is 0 Å². The third-order valence-electron chi connectivity index (χ3n) is 3.76. The standard InChI is InChI=1S/C21H33NO3S/c1-6-20(23)22-19(21(24)25)15-26-14-13-18(5)12-8-11-17(4)10-7-9-16(2)3/h6,9,11,13,19H,1,7-8,10,12,14-15H2,2-5H3,(H,22,23)(H,24,25)/b17-11+,18-13+/t19-/m0/s1. The SMILES string of the molecule is C=CC(=O)N[C@@H](CSC/C=C(\C)CC/C=C(\C)CCC=C(C)C)C(=O)O. The summed E-state index contributed by atoms with van der Waals surface area (Å²) in [6, 6.07) is -0.884. The molecule has 1 amide bonds. The van der Waals surface area contributed by atoms with Crippen LogP contribution in [0.1, 0.15) is 53.4 Å². The summed E-state index contributed by atoms with van der Waals surface area (Å²) >= 11 is 1.50. The van der Waals surface area contributed by atoms with Gasteiger partial charge in [-0.1, -0.05) is 41.5 Å². The van der Waals surface area contributed by atoms with Crippen LogP contribution >= 0.6 is 11.8 Å². The molecule has 0 saturated heterocycles. The normalized spacial score (nSPS) is 13.1. The highest BCUT2D eigenvalue weighted by molar-refractivity contribution is 7.99. The Morgan fingerprint density at radius 3 is 2.15 bits per heavy atom. The smallest absolute Gasteiger partial charge is 0.327 e. The number of carboxylic acids is 1. The van der Waals surface area contributed by atoms with Crippen LogP contribution in [0.25, 0.3) is 0 Å². The van der Waals surface area contributed by atoms with Gasteiger partial charge in [0.15, 0.2) is 0 Å². The molecule has 0 radical (unpaired) electrons. The number of rotatable bonds is 13. The lowest BCUT2D eigenvalue weighted by atomic mass is 10.1. The molecule has 0 aromatic carbocycles. The van der Waals surface area contributed by atoms with Gasteiger partial charge < -0.3 is 10.4 Å². The maximum Gasteiger partial charge on any atom is 0.327 e. The molecule has 0 rings (SSSR count). The van der Waals surface area contributed by atoms with E-state index in [4.69, 9.17) is 5.11 Å². The molecule has 4 nitrogen and oxygen atoms in total. The van der Waals surface area contributed by atoms with Crippen molar-refractivity contribution in [1.29, 1.82) is 0 Å². The molecule has 0 saturated carbocycles. The minimum atomic E-state index is -1.03. The minimum absolute atomic E-state index is 0.335. The molecule has 0 fully saturated rings. The van der Waals surface area contributed by atoms with Gasteiger partial charge in [-0.2, -0.15) is 11.8 Å². The summed E-state index contributed by atoms with van der Waals surface area (Å²) in [5.41, 5.74) is 4.09. The Labute approximate surface area is 162 Å². The first-order valence-corrected chi connectivity index (χ1v) is 10.1. The first-order valence-electron chi connectivity index (χ1n) is 8.94. The average molecular weight is 380 g/mol. The van der Waals surface area contributed by atoms with E-state index < -0.39 is 17.9 Å². The third-order valence-corrected chi connectivity index (χ3v) is 4.73. The van der Waals surface area contributed by atoms with Crippen molar-refractivity contribution in [1.82, 2.24) is 5.32 Å². The lowest BCUT2D eigenvalue weighted by Crippen LogP contribution is -2.41. The quantitative estimate of drug-likeness (QED) is 0.271. The zero-order chi connectivity index (χ0) is 19.9. The zero-order valence-electron chi connectivity index (χ0n) is 16.5. The second-order valence-electron chi connectivity index (χ2n) is 6.60. The van der Waals surface area contributed by atoms with E-state index in [2.05, 4.69) is 57.8 Å². The van der Waals surface area contributed by atoms with Gasteiger partial charge in [0.2, 0.25) is 5.91 Å². The molecule has 0 aromatic rings. The first-order chi connectivity index (χ1) is 12.3. The van der Waals surface area contributed by atoms with Gasteiger partial charge in [0, 0.05) is 11.5 Å². The summed E-state index contributed by atoms with van der Waals surface area (Å²) < 4.78 is 0. The summed E-state index contributed by atoms with van der Waals surface area (Å²) in [4.78, 5) is 22.3. The highest BCUT2D eigenvalue weighted by Gasteiger charge is 2.18. The fourth-order valence-electron chi connectivity index (χ4n) is 2.13. The zero-order valence-corrected chi connectivity index (χ0v) is 17.3. The maximum absolute atomic E-state index is 11.2. The molecule has 0 bridgehead atoms. The molecule has 0 aliphatic rings. The predicted molar refractivity (Wildman–Crippen MR) is 113 cm³/mol. The molecule has 0 spiro atoms. The van der Waals surface area contributed by atoms with Crippen molar-refractivity contribution in [2.45, 2.75) is 59.4 Å². The predicted octanol–water partition coefficient (Wildman–Crippen LogP) is 4.89. The number of carboxylic acid groups (broad SMARTS) is 1. The number of aliphatic carboxylic acids is 1. The van der Waals surface area contributed by atoms with E-state index in [-0.39, 0.29) is 0 Å². The van der Waals surface area contributed by atoms with Crippen LogP contribution in [0, 0.1) is 0 Å². The van der Waals surface area contributed by atoms with Crippen LogP contribution in [0.3, 0.4) is 0 Å². The van der Waals surface area contributed by atoms with Gasteiger partial charge >= 0.3 is 5.97 Å². The van der Waals surface area contributed by atoms with Crippen molar-refractivity contribution >= 4 is 23.6 Å². The van der Waals surface area contributed by atoms with Crippen LogP contribution in [-0.2, 0) is 9.59 Å². The minimum Gasteiger partial charge on any atom is -0.480 e. The maximum atomic E-state index is 11.2. The summed E-state index contributed by atoms with van der Waals surface area (Å²) in [6.45, 7) is 11.8. The van der Waals surface area contributed by atoms with E-state index in [0.29, 0.717) is 5.75 Å². The topological polar surface area (TPSA) is 66.4 Å². The van der Waals surface area contributed by atoms with Crippen LogP contribution in [0.4, 0.5) is 0 Å². The highest BCUT2D eigenvalue weighted by Crippen LogP contribution is 2.13. The van der Waals surface area contributed by atoms with Crippen molar-refractivity contribution in [3.05, 3.63) is 47.6 Å². The van der Waals surface area contributed by atoms with Crippen molar-refractivity contribution in [3.63, 3.8) is 0 Å².